The van der Waals surface area contributed by atoms with Crippen LogP contribution in [0.15, 0.2) is 41.8 Å². The molecule has 2 aromatic rings. The minimum Gasteiger partial charge on any atom is -0.465 e. The van der Waals surface area contributed by atoms with Gasteiger partial charge in [0.1, 0.15) is 13.2 Å². The molecule has 1 heterocycles. The number of aryl methyl sites for hydroxylation is 1. The highest BCUT2D eigenvalue weighted by Gasteiger charge is 2.17. The molecule has 162 valence electrons. The normalized spacial score (nSPS) is 16.4. The first-order chi connectivity index (χ1) is 14.4. The Bertz CT molecular complexity index is 867. The first kappa shape index (κ1) is 22.3. The van der Waals surface area contributed by atoms with E-state index in [2.05, 4.69) is 16.9 Å². The number of hydrogen-bond acceptors (Lipinski definition) is 7. The molecule has 7 nitrogen and oxygen atoms in total. The quantitative estimate of drug-likeness (QED) is 0.274. The highest BCUT2D eigenvalue weighted by molar-refractivity contribution is 7.11. The molecule has 0 bridgehead atoms. The fourth-order valence-corrected chi connectivity index (χ4v) is 4.42. The lowest BCUT2D eigenvalue weighted by atomic mass is 9.83. The third-order valence-electron chi connectivity index (χ3n) is 5.41. The van der Waals surface area contributed by atoms with Gasteiger partial charge in [0.15, 0.2) is 0 Å². The topological polar surface area (TPSA) is 97.7 Å². The van der Waals surface area contributed by atoms with E-state index < -0.39 is 0 Å². The summed E-state index contributed by atoms with van der Waals surface area (Å²) in [6.45, 7) is 4.46. The Morgan fingerprint density at radius 3 is 2.93 bits per heavy atom. The van der Waals surface area contributed by atoms with Gasteiger partial charge in [-0.3, -0.25) is 9.80 Å². The number of carbonyl (C=O) groups excluding carboxylic acids is 1. The lowest BCUT2D eigenvalue weighted by molar-refractivity contribution is -0.128. The van der Waals surface area contributed by atoms with Crippen molar-refractivity contribution in [2.24, 2.45) is 17.6 Å². The van der Waals surface area contributed by atoms with Crippen LogP contribution in [-0.2, 0) is 17.8 Å². The molecule has 8 heteroatoms. The summed E-state index contributed by atoms with van der Waals surface area (Å²) < 4.78 is 5.92. The van der Waals surface area contributed by atoms with Gasteiger partial charge in [0.25, 0.3) is 11.1 Å². The van der Waals surface area contributed by atoms with Crippen LogP contribution < -0.4 is 21.4 Å². The molecular weight excluding hydrogens is 398 g/mol. The van der Waals surface area contributed by atoms with Gasteiger partial charge in [0.2, 0.25) is 0 Å². The molecule has 1 fully saturated rings. The van der Waals surface area contributed by atoms with Crippen molar-refractivity contribution in [1.82, 2.24) is 9.99 Å². The molecule has 1 aliphatic carbocycles. The number of thiazole rings is 1. The summed E-state index contributed by atoms with van der Waals surface area (Å²) >= 11 is 1.51. The number of nitrogens with two attached hydrogens (primary N) is 2. The summed E-state index contributed by atoms with van der Waals surface area (Å²) in [5, 5.41) is 5.13. The van der Waals surface area contributed by atoms with Crippen molar-refractivity contribution in [3.8, 4) is 5.19 Å². The third-order valence-corrected chi connectivity index (χ3v) is 6.21. The van der Waals surface area contributed by atoms with Crippen molar-refractivity contribution in [2.45, 2.75) is 45.1 Å². The summed E-state index contributed by atoms with van der Waals surface area (Å²) in [6, 6.07) is 7.57. The van der Waals surface area contributed by atoms with Gasteiger partial charge in [-0.2, -0.15) is 0 Å². The van der Waals surface area contributed by atoms with Crippen molar-refractivity contribution >= 4 is 22.9 Å². The number of para-hydroxylation sites is 1. The predicted molar refractivity (Wildman–Crippen MR) is 121 cm³/mol. The number of likely N-dealkylation sites (N-methyl/N-ethyl adjacent to an activating group) is 1. The molecule has 3 rings (SSSR count). The maximum absolute atomic E-state index is 11.8. The average Bonchev–Trinajstić information content (AvgIpc) is 3.19. The number of benzene rings is 1. The Kier molecular flexibility index (Phi) is 7.84. The Morgan fingerprint density at radius 1 is 1.37 bits per heavy atom. The zero-order valence-corrected chi connectivity index (χ0v) is 18.4. The van der Waals surface area contributed by atoms with Crippen LogP contribution in [0.5, 0.6) is 5.19 Å². The lowest BCUT2D eigenvalue weighted by Crippen LogP contribution is -2.45. The van der Waals surface area contributed by atoms with Crippen LogP contribution in [0, 0.1) is 5.92 Å². The van der Waals surface area contributed by atoms with Crippen LogP contribution in [0.2, 0.25) is 0 Å². The second-order valence-corrected chi connectivity index (χ2v) is 8.73. The molecule has 1 saturated carbocycles. The number of nitrogens with zero attached hydrogens (tertiary/aromatic N) is 3. The molecule has 1 unspecified atom stereocenters. The molecule has 1 aromatic heterocycles. The van der Waals surface area contributed by atoms with E-state index in [9.17, 15) is 4.79 Å². The van der Waals surface area contributed by atoms with E-state index >= 15 is 0 Å². The number of ether oxygens (including phenoxy) is 1. The zero-order chi connectivity index (χ0) is 21.5. The van der Waals surface area contributed by atoms with Crippen LogP contribution in [0.1, 0.15) is 43.4 Å². The van der Waals surface area contributed by atoms with E-state index in [-0.39, 0.29) is 12.5 Å². The maximum Gasteiger partial charge on any atom is 0.273 e. The molecule has 0 spiro atoms. The fraction of sp³-hybridized carbons (Fsp3) is 0.455. The number of allylic oxidation sites excluding steroid dienone is 1. The number of hydrazine groups is 2. The van der Waals surface area contributed by atoms with Gasteiger partial charge in [0.05, 0.1) is 11.4 Å². The SMILES string of the molecule is C=C1CCCC(CCc2csc(OCc3ccccc3N(N)CC(=O)N(C)N)n2)C1. The zero-order valence-electron chi connectivity index (χ0n) is 17.5. The highest BCUT2D eigenvalue weighted by atomic mass is 32.1. The number of carbonyl (C=O) groups is 1. The second-order valence-electron chi connectivity index (χ2n) is 7.91. The van der Waals surface area contributed by atoms with Crippen LogP contribution >= 0.6 is 11.3 Å². The van der Waals surface area contributed by atoms with E-state index in [0.717, 1.165) is 47.1 Å². The van der Waals surface area contributed by atoms with Gasteiger partial charge in [-0.25, -0.2) is 16.7 Å². The molecule has 30 heavy (non-hydrogen) atoms. The highest BCUT2D eigenvalue weighted by Crippen LogP contribution is 2.31. The van der Waals surface area contributed by atoms with Crippen molar-refractivity contribution in [3.05, 3.63) is 53.1 Å². The average molecular weight is 430 g/mol. The van der Waals surface area contributed by atoms with Gasteiger partial charge in [-0.05, 0) is 50.5 Å². The van der Waals surface area contributed by atoms with E-state index in [1.54, 1.807) is 0 Å². The monoisotopic (exact) mass is 429 g/mol. The van der Waals surface area contributed by atoms with Gasteiger partial charge in [0, 0.05) is 18.0 Å². The van der Waals surface area contributed by atoms with Crippen molar-refractivity contribution < 1.29 is 9.53 Å². The minimum atomic E-state index is -0.278. The van der Waals surface area contributed by atoms with Gasteiger partial charge < -0.3 is 9.75 Å². The standard InChI is InChI=1S/C22H31N5O2S/c1-16-6-5-7-17(12-16)10-11-19-15-30-22(25-19)29-14-18-8-3-4-9-20(18)27(24)13-21(28)26(2)23/h3-4,8-9,15,17H,1,5-7,10-14,23-24H2,2H3. The van der Waals surface area contributed by atoms with Crippen LogP contribution in [0.25, 0.3) is 0 Å². The second kappa shape index (κ2) is 10.6. The molecule has 1 aliphatic rings. The van der Waals surface area contributed by atoms with Crippen LogP contribution in [-0.4, -0.2) is 29.5 Å². The van der Waals surface area contributed by atoms with Crippen LogP contribution in [0.4, 0.5) is 5.69 Å². The van der Waals surface area contributed by atoms with E-state index in [4.69, 9.17) is 16.4 Å². The molecule has 0 radical (unpaired) electrons. The molecule has 1 aromatic carbocycles. The number of anilines is 1. The summed E-state index contributed by atoms with van der Waals surface area (Å²) in [7, 11) is 1.50. The van der Waals surface area contributed by atoms with Crippen LogP contribution in [0.3, 0.4) is 0 Å². The fourth-order valence-electron chi connectivity index (χ4n) is 3.72. The molecule has 4 N–H and O–H groups in total. The Labute approximate surface area is 182 Å². The lowest BCUT2D eigenvalue weighted by Gasteiger charge is -2.23. The summed E-state index contributed by atoms with van der Waals surface area (Å²) in [5.74, 6) is 12.0. The first-order valence-electron chi connectivity index (χ1n) is 10.3. The number of aromatic nitrogens is 1. The van der Waals surface area contributed by atoms with Crippen molar-refractivity contribution in [3.63, 3.8) is 0 Å². The van der Waals surface area contributed by atoms with E-state index in [1.807, 2.05) is 24.3 Å². The molecular formula is C22H31N5O2S. The number of rotatable bonds is 9. The van der Waals surface area contributed by atoms with E-state index in [0.29, 0.717) is 11.8 Å². The third kappa shape index (κ3) is 6.29. The van der Waals surface area contributed by atoms with Gasteiger partial charge in [-0.1, -0.05) is 41.7 Å². The minimum absolute atomic E-state index is 0.0149. The Hall–Kier alpha value is -2.42. The number of hydrogen-bond donors (Lipinski definition) is 2. The van der Waals surface area contributed by atoms with Crippen molar-refractivity contribution in [2.75, 3.05) is 18.6 Å². The largest absolute Gasteiger partial charge is 0.465 e. The predicted octanol–water partition coefficient (Wildman–Crippen LogP) is 3.41. The summed E-state index contributed by atoms with van der Waals surface area (Å²) in [5.41, 5.74) is 4.07. The smallest absolute Gasteiger partial charge is 0.273 e. The summed E-state index contributed by atoms with van der Waals surface area (Å²) in [6.07, 6.45) is 7.02. The maximum atomic E-state index is 11.8. The Balaban J connectivity index is 1.53. The molecule has 1 amide bonds. The Morgan fingerprint density at radius 2 is 2.17 bits per heavy atom. The number of amides is 1. The summed E-state index contributed by atoms with van der Waals surface area (Å²) in [4.78, 5) is 16.5. The van der Waals surface area contributed by atoms with E-state index in [1.165, 1.54) is 48.2 Å². The molecule has 0 saturated heterocycles. The molecule has 1 atom stereocenters. The molecule has 0 aliphatic heterocycles. The first-order valence-corrected chi connectivity index (χ1v) is 11.2. The van der Waals surface area contributed by atoms with Gasteiger partial charge in [-0.15, -0.1) is 0 Å². The van der Waals surface area contributed by atoms with Crippen molar-refractivity contribution in [1.29, 1.82) is 0 Å². The van der Waals surface area contributed by atoms with Gasteiger partial charge >= 0.3 is 0 Å².